The van der Waals surface area contributed by atoms with Gasteiger partial charge in [-0.1, -0.05) is 47.5 Å². The van der Waals surface area contributed by atoms with Crippen molar-refractivity contribution in [2.24, 2.45) is 0 Å². The summed E-state index contributed by atoms with van der Waals surface area (Å²) in [4.78, 5) is 18.9. The van der Waals surface area contributed by atoms with Gasteiger partial charge in [-0.05, 0) is 68.5 Å². The van der Waals surface area contributed by atoms with Crippen LogP contribution < -0.4 is 4.90 Å². The molecule has 1 amide bonds. The highest BCUT2D eigenvalue weighted by atomic mass is 32.2. The number of rotatable bonds is 4. The molecule has 0 aliphatic carbocycles. The fourth-order valence-corrected chi connectivity index (χ4v) is 4.78. The van der Waals surface area contributed by atoms with E-state index in [4.69, 9.17) is 0 Å². The standard InChI is InChI=1S/C27H30N2OS/c1-19-5-8-22(9-6-19)26-18-28(27(30)23-10-12-24(31-4)13-11-23)15-16-29(26)25-14-7-20(2)17-21(25)3/h5-14,17,26H,15-16,18H2,1-4H3. The Morgan fingerprint density at radius 1 is 0.871 bits per heavy atom. The van der Waals surface area contributed by atoms with Crippen LogP contribution in [-0.4, -0.2) is 36.7 Å². The summed E-state index contributed by atoms with van der Waals surface area (Å²) < 4.78 is 0. The molecule has 1 aliphatic rings. The van der Waals surface area contributed by atoms with Crippen molar-refractivity contribution < 1.29 is 4.79 Å². The highest BCUT2D eigenvalue weighted by Gasteiger charge is 2.32. The molecule has 3 aromatic carbocycles. The van der Waals surface area contributed by atoms with Gasteiger partial charge in [-0.2, -0.15) is 0 Å². The number of hydrogen-bond acceptors (Lipinski definition) is 3. The van der Waals surface area contributed by atoms with E-state index in [1.807, 2.05) is 29.2 Å². The molecule has 1 saturated heterocycles. The van der Waals surface area contributed by atoms with Gasteiger partial charge >= 0.3 is 0 Å². The third kappa shape index (κ3) is 4.64. The topological polar surface area (TPSA) is 23.6 Å². The number of benzene rings is 3. The van der Waals surface area contributed by atoms with Gasteiger partial charge in [0.2, 0.25) is 0 Å². The van der Waals surface area contributed by atoms with Crippen LogP contribution in [0.3, 0.4) is 0 Å². The van der Waals surface area contributed by atoms with Gasteiger partial charge < -0.3 is 9.80 Å². The molecular formula is C27H30N2OS. The summed E-state index contributed by atoms with van der Waals surface area (Å²) in [6.45, 7) is 8.64. The molecule has 1 unspecified atom stereocenters. The highest BCUT2D eigenvalue weighted by molar-refractivity contribution is 7.98. The summed E-state index contributed by atoms with van der Waals surface area (Å²) in [5.41, 5.74) is 7.08. The Balaban J connectivity index is 1.64. The van der Waals surface area contributed by atoms with E-state index >= 15 is 0 Å². The average Bonchev–Trinajstić information content (AvgIpc) is 2.79. The van der Waals surface area contributed by atoms with E-state index in [-0.39, 0.29) is 11.9 Å². The molecule has 0 bridgehead atoms. The van der Waals surface area contributed by atoms with E-state index in [9.17, 15) is 4.79 Å². The number of anilines is 1. The van der Waals surface area contributed by atoms with Crippen LogP contribution in [0.5, 0.6) is 0 Å². The lowest BCUT2D eigenvalue weighted by Crippen LogP contribution is -2.50. The van der Waals surface area contributed by atoms with Gasteiger partial charge in [-0.15, -0.1) is 11.8 Å². The Kier molecular flexibility index (Phi) is 6.38. The summed E-state index contributed by atoms with van der Waals surface area (Å²) >= 11 is 1.69. The number of carbonyl (C=O) groups is 1. The normalized spacial score (nSPS) is 16.5. The third-order valence-corrected chi connectivity index (χ3v) is 6.87. The van der Waals surface area contributed by atoms with Gasteiger partial charge in [-0.3, -0.25) is 4.79 Å². The van der Waals surface area contributed by atoms with E-state index in [2.05, 4.69) is 74.4 Å². The van der Waals surface area contributed by atoms with Crippen molar-refractivity contribution in [3.05, 3.63) is 94.5 Å². The molecule has 0 radical (unpaired) electrons. The Bertz CT molecular complexity index is 1060. The molecule has 4 rings (SSSR count). The molecule has 1 fully saturated rings. The quantitative estimate of drug-likeness (QED) is 0.472. The van der Waals surface area contributed by atoms with Crippen LogP contribution in [0.1, 0.15) is 38.7 Å². The zero-order valence-electron chi connectivity index (χ0n) is 18.8. The SMILES string of the molecule is CSc1ccc(C(=O)N2CCN(c3ccc(C)cc3C)C(c3ccc(C)cc3)C2)cc1. The van der Waals surface area contributed by atoms with Gasteiger partial charge in [-0.25, -0.2) is 0 Å². The van der Waals surface area contributed by atoms with E-state index in [1.165, 1.54) is 32.8 Å². The predicted octanol–water partition coefficient (Wildman–Crippen LogP) is 6.04. The van der Waals surface area contributed by atoms with Crippen LogP contribution in [0.25, 0.3) is 0 Å². The molecule has 0 aromatic heterocycles. The molecule has 3 nitrogen and oxygen atoms in total. The number of thioether (sulfide) groups is 1. The average molecular weight is 431 g/mol. The van der Waals surface area contributed by atoms with Crippen molar-refractivity contribution in [1.82, 2.24) is 4.90 Å². The number of carbonyl (C=O) groups excluding carboxylic acids is 1. The van der Waals surface area contributed by atoms with Crippen LogP contribution in [0, 0.1) is 20.8 Å². The van der Waals surface area contributed by atoms with Gasteiger partial charge in [0.05, 0.1) is 6.04 Å². The molecule has 160 valence electrons. The minimum Gasteiger partial charge on any atom is -0.361 e. The fourth-order valence-electron chi connectivity index (χ4n) is 4.37. The summed E-state index contributed by atoms with van der Waals surface area (Å²) in [6, 6.07) is 23.5. The van der Waals surface area contributed by atoms with Crippen molar-refractivity contribution >= 4 is 23.4 Å². The van der Waals surface area contributed by atoms with Crippen molar-refractivity contribution in [3.8, 4) is 0 Å². The van der Waals surface area contributed by atoms with Gasteiger partial charge in [0.1, 0.15) is 0 Å². The smallest absolute Gasteiger partial charge is 0.253 e. The van der Waals surface area contributed by atoms with Gasteiger partial charge in [0.25, 0.3) is 5.91 Å². The minimum absolute atomic E-state index is 0.116. The zero-order chi connectivity index (χ0) is 22.0. The van der Waals surface area contributed by atoms with Crippen molar-refractivity contribution in [3.63, 3.8) is 0 Å². The van der Waals surface area contributed by atoms with Crippen molar-refractivity contribution in [2.75, 3.05) is 30.8 Å². The number of amides is 1. The Labute approximate surface area is 190 Å². The summed E-state index contributed by atoms with van der Waals surface area (Å²) in [6.07, 6.45) is 2.05. The van der Waals surface area contributed by atoms with Gasteiger partial charge in [0, 0.05) is 35.8 Å². The summed E-state index contributed by atoms with van der Waals surface area (Å²) in [7, 11) is 0. The molecule has 0 spiro atoms. The second-order valence-corrected chi connectivity index (χ2v) is 9.27. The first-order valence-electron chi connectivity index (χ1n) is 10.8. The van der Waals surface area contributed by atoms with E-state index in [1.54, 1.807) is 11.8 Å². The predicted molar refractivity (Wildman–Crippen MR) is 131 cm³/mol. The van der Waals surface area contributed by atoms with Crippen LogP contribution in [0.2, 0.25) is 0 Å². The largest absolute Gasteiger partial charge is 0.361 e. The number of hydrogen-bond donors (Lipinski definition) is 0. The molecule has 0 N–H and O–H groups in total. The highest BCUT2D eigenvalue weighted by Crippen LogP contribution is 2.34. The van der Waals surface area contributed by atoms with E-state index in [0.29, 0.717) is 6.54 Å². The maximum Gasteiger partial charge on any atom is 0.253 e. The molecule has 4 heteroatoms. The van der Waals surface area contributed by atoms with Crippen molar-refractivity contribution in [2.45, 2.75) is 31.7 Å². The minimum atomic E-state index is 0.116. The Hall–Kier alpha value is -2.72. The van der Waals surface area contributed by atoms with Crippen molar-refractivity contribution in [1.29, 1.82) is 0 Å². The van der Waals surface area contributed by atoms with Crippen LogP contribution in [-0.2, 0) is 0 Å². The maximum absolute atomic E-state index is 13.3. The maximum atomic E-state index is 13.3. The third-order valence-electron chi connectivity index (χ3n) is 6.13. The van der Waals surface area contributed by atoms with E-state index < -0.39 is 0 Å². The second kappa shape index (κ2) is 9.19. The molecule has 1 atom stereocenters. The summed E-state index contributed by atoms with van der Waals surface area (Å²) in [5, 5.41) is 0. The van der Waals surface area contributed by atoms with Crippen LogP contribution in [0.4, 0.5) is 5.69 Å². The van der Waals surface area contributed by atoms with Crippen LogP contribution >= 0.6 is 11.8 Å². The lowest BCUT2D eigenvalue weighted by molar-refractivity contribution is 0.0722. The summed E-state index contributed by atoms with van der Waals surface area (Å²) in [5.74, 6) is 0.116. The lowest BCUT2D eigenvalue weighted by Gasteiger charge is -2.43. The molecule has 0 saturated carbocycles. The van der Waals surface area contributed by atoms with Crippen LogP contribution in [0.15, 0.2) is 71.6 Å². The number of piperazine rings is 1. The Morgan fingerprint density at radius 3 is 2.19 bits per heavy atom. The molecule has 1 heterocycles. The molecule has 31 heavy (non-hydrogen) atoms. The number of aryl methyl sites for hydroxylation is 3. The molecule has 1 aliphatic heterocycles. The first kappa shape index (κ1) is 21.5. The molecule has 3 aromatic rings. The molecular weight excluding hydrogens is 400 g/mol. The lowest BCUT2D eigenvalue weighted by atomic mass is 9.98. The first-order valence-corrected chi connectivity index (χ1v) is 12.0. The van der Waals surface area contributed by atoms with E-state index in [0.717, 1.165) is 18.7 Å². The second-order valence-electron chi connectivity index (χ2n) is 8.39. The Morgan fingerprint density at radius 2 is 1.55 bits per heavy atom. The van der Waals surface area contributed by atoms with Gasteiger partial charge in [0.15, 0.2) is 0 Å². The first-order chi connectivity index (χ1) is 15.0. The number of nitrogens with zero attached hydrogens (tertiary/aromatic N) is 2. The monoisotopic (exact) mass is 430 g/mol. The zero-order valence-corrected chi connectivity index (χ0v) is 19.6. The fraction of sp³-hybridized carbons (Fsp3) is 0.296.